The van der Waals surface area contributed by atoms with Crippen LogP contribution in [0.15, 0.2) is 23.2 Å². The summed E-state index contributed by atoms with van der Waals surface area (Å²) in [6.07, 6.45) is 5.37. The molecular formula is C21H33IN4O3. The third-order valence-electron chi connectivity index (χ3n) is 5.60. The predicted octanol–water partition coefficient (Wildman–Crippen LogP) is 2.87. The Labute approximate surface area is 190 Å². The van der Waals surface area contributed by atoms with E-state index in [9.17, 15) is 9.90 Å². The smallest absolute Gasteiger partial charge is 0.225 e. The number of carbonyl (C=O) groups excluding carboxylic acids is 1. The van der Waals surface area contributed by atoms with Crippen molar-refractivity contribution in [1.82, 2.24) is 15.5 Å². The number of benzene rings is 1. The number of aliphatic imine (C=N–C) groups is 1. The maximum atomic E-state index is 12.6. The second-order valence-electron chi connectivity index (χ2n) is 7.56. The predicted molar refractivity (Wildman–Crippen MR) is 125 cm³/mol. The van der Waals surface area contributed by atoms with Gasteiger partial charge in [-0.3, -0.25) is 4.79 Å². The van der Waals surface area contributed by atoms with E-state index < -0.39 is 0 Å². The van der Waals surface area contributed by atoms with E-state index in [0.717, 1.165) is 38.9 Å². The van der Waals surface area contributed by atoms with Gasteiger partial charge >= 0.3 is 0 Å². The summed E-state index contributed by atoms with van der Waals surface area (Å²) in [6, 6.07) is 5.60. The largest absolute Gasteiger partial charge is 0.504 e. The van der Waals surface area contributed by atoms with E-state index in [2.05, 4.69) is 15.6 Å². The fraction of sp³-hybridized carbons (Fsp3) is 0.619. The first-order chi connectivity index (χ1) is 13.6. The molecule has 1 aliphatic heterocycles. The van der Waals surface area contributed by atoms with Crippen LogP contribution in [0.25, 0.3) is 0 Å². The van der Waals surface area contributed by atoms with Gasteiger partial charge in [0, 0.05) is 37.2 Å². The van der Waals surface area contributed by atoms with Crippen LogP contribution in [0.5, 0.6) is 11.5 Å². The second-order valence-corrected chi connectivity index (χ2v) is 7.56. The summed E-state index contributed by atoms with van der Waals surface area (Å²) in [6.45, 7) is 4.64. The lowest BCUT2D eigenvalue weighted by molar-refractivity contribution is -0.134. The van der Waals surface area contributed by atoms with Crippen molar-refractivity contribution in [2.24, 2.45) is 10.9 Å². The number of phenolic OH excluding ortho intramolecular Hbond substituents is 1. The molecule has 1 unspecified atom stereocenters. The van der Waals surface area contributed by atoms with Gasteiger partial charge in [-0.1, -0.05) is 25.0 Å². The van der Waals surface area contributed by atoms with Crippen LogP contribution in [0.3, 0.4) is 0 Å². The number of nitrogens with one attached hydrogen (secondary N) is 2. The standard InChI is InChI=1S/C21H32N4O3.HI/c1-3-22-21(23-13-16-9-6-10-18(28-2)19(16)26)24-17-11-12-25(14-17)20(27)15-7-4-5-8-15;/h6,9-10,15,17,26H,3-5,7-8,11-14H2,1-2H3,(H2,22,23,24);1H. The van der Waals surface area contributed by atoms with Crippen molar-refractivity contribution in [2.75, 3.05) is 26.7 Å². The second kappa shape index (κ2) is 11.5. The maximum absolute atomic E-state index is 12.6. The Morgan fingerprint density at radius 1 is 1.31 bits per heavy atom. The zero-order valence-electron chi connectivity index (χ0n) is 17.3. The molecule has 0 spiro atoms. The Morgan fingerprint density at radius 3 is 2.76 bits per heavy atom. The Hall–Kier alpha value is -1.71. The van der Waals surface area contributed by atoms with Crippen LogP contribution in [0.4, 0.5) is 0 Å². The van der Waals surface area contributed by atoms with Gasteiger partial charge in [-0.15, -0.1) is 24.0 Å². The van der Waals surface area contributed by atoms with Gasteiger partial charge in [0.2, 0.25) is 5.91 Å². The Bertz CT molecular complexity index is 707. The van der Waals surface area contributed by atoms with Crippen LogP contribution in [0, 0.1) is 5.92 Å². The van der Waals surface area contributed by atoms with E-state index in [1.165, 1.54) is 20.0 Å². The topological polar surface area (TPSA) is 86.2 Å². The average Bonchev–Trinajstić information content (AvgIpc) is 3.39. The number of methoxy groups -OCH3 is 1. The number of nitrogens with zero attached hydrogens (tertiary/aromatic N) is 2. The number of ether oxygens (including phenoxy) is 1. The summed E-state index contributed by atoms with van der Waals surface area (Å²) in [4.78, 5) is 19.2. The number of amides is 1. The summed E-state index contributed by atoms with van der Waals surface area (Å²) < 4.78 is 5.16. The molecule has 1 aromatic rings. The van der Waals surface area contributed by atoms with Crippen molar-refractivity contribution < 1.29 is 14.6 Å². The van der Waals surface area contributed by atoms with E-state index >= 15 is 0 Å². The molecule has 1 saturated carbocycles. The Kier molecular flexibility index (Phi) is 9.32. The highest BCUT2D eigenvalue weighted by atomic mass is 127. The van der Waals surface area contributed by atoms with Gasteiger partial charge in [0.1, 0.15) is 0 Å². The molecule has 162 valence electrons. The lowest BCUT2D eigenvalue weighted by atomic mass is 10.1. The molecule has 0 aromatic heterocycles. The fourth-order valence-electron chi connectivity index (χ4n) is 4.05. The molecule has 3 rings (SSSR count). The van der Waals surface area contributed by atoms with Crippen LogP contribution in [-0.2, 0) is 11.3 Å². The van der Waals surface area contributed by atoms with Gasteiger partial charge < -0.3 is 25.4 Å². The minimum Gasteiger partial charge on any atom is -0.504 e. The van der Waals surface area contributed by atoms with Gasteiger partial charge in [-0.25, -0.2) is 4.99 Å². The summed E-state index contributed by atoms with van der Waals surface area (Å²) >= 11 is 0. The normalized spacial score (nSPS) is 19.7. The van der Waals surface area contributed by atoms with Gasteiger partial charge in [0.15, 0.2) is 17.5 Å². The van der Waals surface area contributed by atoms with Gasteiger partial charge in [-0.05, 0) is 32.3 Å². The van der Waals surface area contributed by atoms with E-state index in [1.54, 1.807) is 6.07 Å². The fourth-order valence-corrected chi connectivity index (χ4v) is 4.05. The van der Waals surface area contributed by atoms with Crippen LogP contribution in [0.2, 0.25) is 0 Å². The zero-order valence-corrected chi connectivity index (χ0v) is 19.6. The highest BCUT2D eigenvalue weighted by Crippen LogP contribution is 2.30. The van der Waals surface area contributed by atoms with Crippen LogP contribution in [-0.4, -0.2) is 54.7 Å². The minimum atomic E-state index is 0. The van der Waals surface area contributed by atoms with E-state index in [4.69, 9.17) is 4.74 Å². The number of halogens is 1. The molecule has 1 heterocycles. The first-order valence-corrected chi connectivity index (χ1v) is 10.3. The Morgan fingerprint density at radius 2 is 2.07 bits per heavy atom. The highest BCUT2D eigenvalue weighted by Gasteiger charge is 2.32. The van der Waals surface area contributed by atoms with E-state index in [1.807, 2.05) is 24.0 Å². The first kappa shape index (κ1) is 23.6. The van der Waals surface area contributed by atoms with Crippen LogP contribution < -0.4 is 15.4 Å². The van der Waals surface area contributed by atoms with Crippen molar-refractivity contribution in [3.05, 3.63) is 23.8 Å². The number of hydrogen-bond acceptors (Lipinski definition) is 4. The molecule has 7 nitrogen and oxygen atoms in total. The molecule has 1 saturated heterocycles. The molecule has 3 N–H and O–H groups in total. The van der Waals surface area contributed by atoms with Gasteiger partial charge in [0.25, 0.3) is 0 Å². The number of aromatic hydroxyl groups is 1. The van der Waals surface area contributed by atoms with E-state index in [-0.39, 0.29) is 41.7 Å². The third-order valence-corrected chi connectivity index (χ3v) is 5.60. The van der Waals surface area contributed by atoms with Crippen LogP contribution >= 0.6 is 24.0 Å². The van der Waals surface area contributed by atoms with Crippen molar-refractivity contribution in [2.45, 2.75) is 51.6 Å². The molecule has 1 atom stereocenters. The van der Waals surface area contributed by atoms with Gasteiger partial charge in [0.05, 0.1) is 13.7 Å². The number of likely N-dealkylation sites (tertiary alicyclic amines) is 1. The number of hydrogen-bond donors (Lipinski definition) is 3. The molecule has 2 aliphatic rings. The molecule has 1 aromatic carbocycles. The average molecular weight is 516 g/mol. The number of rotatable bonds is 6. The van der Waals surface area contributed by atoms with E-state index in [0.29, 0.717) is 29.7 Å². The zero-order chi connectivity index (χ0) is 19.9. The first-order valence-electron chi connectivity index (χ1n) is 10.3. The molecule has 1 aliphatic carbocycles. The summed E-state index contributed by atoms with van der Waals surface area (Å²) in [5.41, 5.74) is 0.709. The number of guanidine groups is 1. The minimum absolute atomic E-state index is 0. The maximum Gasteiger partial charge on any atom is 0.225 e. The third kappa shape index (κ3) is 6.13. The summed E-state index contributed by atoms with van der Waals surface area (Å²) in [5.74, 6) is 1.83. The van der Waals surface area contributed by atoms with Crippen molar-refractivity contribution >= 4 is 35.8 Å². The molecule has 0 bridgehead atoms. The van der Waals surface area contributed by atoms with Gasteiger partial charge in [-0.2, -0.15) is 0 Å². The van der Waals surface area contributed by atoms with Crippen molar-refractivity contribution in [1.29, 1.82) is 0 Å². The Balaban J connectivity index is 0.00000300. The SMILES string of the molecule is CCNC(=NCc1cccc(OC)c1O)NC1CCN(C(=O)C2CCCC2)C1.I. The highest BCUT2D eigenvalue weighted by molar-refractivity contribution is 14.0. The lowest BCUT2D eigenvalue weighted by Gasteiger charge is -2.21. The lowest BCUT2D eigenvalue weighted by Crippen LogP contribution is -2.45. The van der Waals surface area contributed by atoms with Crippen LogP contribution in [0.1, 0.15) is 44.6 Å². The molecular weight excluding hydrogens is 483 g/mol. The van der Waals surface area contributed by atoms with Crippen molar-refractivity contribution in [3.63, 3.8) is 0 Å². The molecule has 8 heteroatoms. The van der Waals surface area contributed by atoms with Crippen molar-refractivity contribution in [3.8, 4) is 11.5 Å². The summed E-state index contributed by atoms with van der Waals surface area (Å²) in [5, 5.41) is 16.9. The number of para-hydroxylation sites is 1. The monoisotopic (exact) mass is 516 g/mol. The summed E-state index contributed by atoms with van der Waals surface area (Å²) in [7, 11) is 1.53. The quantitative estimate of drug-likeness (QED) is 0.308. The molecule has 0 radical (unpaired) electrons. The number of carbonyl (C=O) groups is 1. The molecule has 1 amide bonds. The molecule has 29 heavy (non-hydrogen) atoms. The number of phenols is 1. The molecule has 2 fully saturated rings.